The lowest BCUT2D eigenvalue weighted by Gasteiger charge is -2.19. The van der Waals surface area contributed by atoms with Crippen molar-refractivity contribution in [3.05, 3.63) is 29.3 Å². The van der Waals surface area contributed by atoms with Gasteiger partial charge in [-0.3, -0.25) is 0 Å². The maximum Gasteiger partial charge on any atom is 0.165 e. The molecule has 0 saturated carbocycles. The minimum atomic E-state index is -1.02. The Balaban J connectivity index is 3.13. The van der Waals surface area contributed by atoms with Crippen LogP contribution in [0.25, 0.3) is 0 Å². The monoisotopic (exact) mass is 201 g/mol. The van der Waals surface area contributed by atoms with E-state index in [9.17, 15) is 13.9 Å². The Kier molecular flexibility index (Phi) is 2.76. The van der Waals surface area contributed by atoms with Crippen LogP contribution in [0.3, 0.4) is 0 Å². The third-order valence-electron chi connectivity index (χ3n) is 1.80. The average Bonchev–Trinajstić information content (AvgIpc) is 2.04. The van der Waals surface area contributed by atoms with Crippen molar-refractivity contribution in [1.82, 2.24) is 0 Å². The van der Waals surface area contributed by atoms with E-state index >= 15 is 0 Å². The van der Waals surface area contributed by atoms with Crippen molar-refractivity contribution in [1.29, 1.82) is 0 Å². The molecule has 0 radical (unpaired) electrons. The van der Waals surface area contributed by atoms with Crippen molar-refractivity contribution in [2.75, 3.05) is 0 Å². The van der Waals surface area contributed by atoms with E-state index in [0.717, 1.165) is 12.1 Å². The highest BCUT2D eigenvalue weighted by molar-refractivity contribution is 5.35. The Morgan fingerprint density at radius 2 is 1.93 bits per heavy atom. The molecule has 0 atom stereocenters. The second-order valence-electron chi connectivity index (χ2n) is 4.02. The van der Waals surface area contributed by atoms with Crippen LogP contribution in [-0.4, -0.2) is 10.6 Å². The van der Waals surface area contributed by atoms with Gasteiger partial charge in [-0.2, -0.15) is 0 Å². The van der Waals surface area contributed by atoms with Gasteiger partial charge in [0.15, 0.2) is 11.6 Å². The number of halogens is 2. The van der Waals surface area contributed by atoms with Gasteiger partial charge in [0, 0.05) is 11.1 Å². The van der Waals surface area contributed by atoms with Crippen molar-refractivity contribution >= 4 is 0 Å². The number of hydrogen-bond donors (Lipinski definition) is 2. The lowest BCUT2D eigenvalue weighted by atomic mass is 9.95. The number of phenolic OH excluding ortho intramolecular Hbond substituents is 1. The number of nitrogens with two attached hydrogens (primary N) is 1. The molecule has 0 aliphatic carbocycles. The van der Waals surface area contributed by atoms with Crippen LogP contribution in [0.15, 0.2) is 12.1 Å². The second kappa shape index (κ2) is 3.53. The predicted octanol–water partition coefficient (Wildman–Crippen LogP) is 1.95. The smallest absolute Gasteiger partial charge is 0.165 e. The van der Waals surface area contributed by atoms with Crippen LogP contribution < -0.4 is 5.73 Å². The van der Waals surface area contributed by atoms with Crippen LogP contribution in [0.1, 0.15) is 19.4 Å². The van der Waals surface area contributed by atoms with Crippen LogP contribution in [0.2, 0.25) is 0 Å². The van der Waals surface area contributed by atoms with E-state index in [0.29, 0.717) is 0 Å². The van der Waals surface area contributed by atoms with Crippen molar-refractivity contribution in [3.63, 3.8) is 0 Å². The molecule has 0 amide bonds. The third-order valence-corrected chi connectivity index (χ3v) is 1.80. The Morgan fingerprint density at radius 1 is 1.36 bits per heavy atom. The topological polar surface area (TPSA) is 46.2 Å². The molecule has 4 heteroatoms. The summed E-state index contributed by atoms with van der Waals surface area (Å²) >= 11 is 0. The van der Waals surface area contributed by atoms with Gasteiger partial charge < -0.3 is 10.8 Å². The van der Waals surface area contributed by atoms with E-state index in [4.69, 9.17) is 5.73 Å². The van der Waals surface area contributed by atoms with Gasteiger partial charge in [-0.1, -0.05) is 0 Å². The fourth-order valence-corrected chi connectivity index (χ4v) is 1.21. The van der Waals surface area contributed by atoms with Crippen LogP contribution >= 0.6 is 0 Å². The summed E-state index contributed by atoms with van der Waals surface area (Å²) in [5.41, 5.74) is 4.89. The summed E-state index contributed by atoms with van der Waals surface area (Å²) in [5, 5.41) is 9.32. The summed E-state index contributed by atoms with van der Waals surface area (Å²) in [5.74, 6) is -2.26. The molecule has 0 unspecified atom stereocenters. The van der Waals surface area contributed by atoms with E-state index in [-0.39, 0.29) is 17.7 Å². The van der Waals surface area contributed by atoms with E-state index in [1.807, 2.05) is 0 Å². The van der Waals surface area contributed by atoms with E-state index in [1.165, 1.54) is 0 Å². The molecule has 0 heterocycles. The van der Waals surface area contributed by atoms with Crippen LogP contribution in [-0.2, 0) is 6.42 Å². The first-order valence-electron chi connectivity index (χ1n) is 4.26. The Labute approximate surface area is 81.4 Å². The maximum absolute atomic E-state index is 13.2. The predicted molar refractivity (Wildman–Crippen MR) is 50.0 cm³/mol. The number of hydrogen-bond acceptors (Lipinski definition) is 2. The molecule has 0 bridgehead atoms. The molecule has 0 aliphatic heterocycles. The Hall–Kier alpha value is -1.16. The molecule has 0 aliphatic rings. The van der Waals surface area contributed by atoms with Gasteiger partial charge in [-0.05, 0) is 32.4 Å². The SMILES string of the molecule is CC(C)(N)Cc1c(O)ccc(F)c1F. The summed E-state index contributed by atoms with van der Waals surface area (Å²) in [6, 6.07) is 2.01. The first kappa shape index (κ1) is 10.9. The van der Waals surface area contributed by atoms with Crippen molar-refractivity contribution in [3.8, 4) is 5.75 Å². The summed E-state index contributed by atoms with van der Waals surface area (Å²) < 4.78 is 26.0. The van der Waals surface area contributed by atoms with Gasteiger partial charge in [-0.15, -0.1) is 0 Å². The fourth-order valence-electron chi connectivity index (χ4n) is 1.21. The molecule has 78 valence electrons. The zero-order chi connectivity index (χ0) is 10.9. The van der Waals surface area contributed by atoms with E-state index < -0.39 is 17.2 Å². The number of aromatic hydroxyl groups is 1. The van der Waals surface area contributed by atoms with E-state index in [2.05, 4.69) is 0 Å². The van der Waals surface area contributed by atoms with Crippen molar-refractivity contribution in [2.24, 2.45) is 5.73 Å². The summed E-state index contributed by atoms with van der Waals surface area (Å²) in [6.45, 7) is 3.35. The van der Waals surface area contributed by atoms with Gasteiger partial charge in [0.25, 0.3) is 0 Å². The van der Waals surface area contributed by atoms with Gasteiger partial charge in [-0.25, -0.2) is 8.78 Å². The second-order valence-corrected chi connectivity index (χ2v) is 4.02. The molecule has 3 N–H and O–H groups in total. The lowest BCUT2D eigenvalue weighted by molar-refractivity contribution is 0.420. The molecule has 0 fully saturated rings. The summed E-state index contributed by atoms with van der Waals surface area (Å²) in [4.78, 5) is 0. The molecular formula is C10H13F2NO. The molecular weight excluding hydrogens is 188 g/mol. The van der Waals surface area contributed by atoms with Crippen LogP contribution in [0.4, 0.5) is 8.78 Å². The molecule has 1 aromatic carbocycles. The molecule has 0 aromatic heterocycles. The zero-order valence-corrected chi connectivity index (χ0v) is 8.14. The third kappa shape index (κ3) is 2.42. The Bertz CT molecular complexity index is 345. The van der Waals surface area contributed by atoms with Crippen LogP contribution in [0.5, 0.6) is 5.75 Å². The quantitative estimate of drug-likeness (QED) is 0.768. The molecule has 0 spiro atoms. The minimum Gasteiger partial charge on any atom is -0.508 e. The average molecular weight is 201 g/mol. The van der Waals surface area contributed by atoms with Crippen molar-refractivity contribution in [2.45, 2.75) is 25.8 Å². The Morgan fingerprint density at radius 3 is 2.43 bits per heavy atom. The molecule has 0 saturated heterocycles. The summed E-state index contributed by atoms with van der Waals surface area (Å²) in [6.07, 6.45) is 0.0857. The molecule has 14 heavy (non-hydrogen) atoms. The summed E-state index contributed by atoms with van der Waals surface area (Å²) in [7, 11) is 0. The number of phenols is 1. The standard InChI is InChI=1S/C10H13F2NO/c1-10(2,13)5-6-8(14)4-3-7(11)9(6)12/h3-4,14H,5,13H2,1-2H3. The maximum atomic E-state index is 13.2. The first-order chi connectivity index (χ1) is 6.31. The number of rotatable bonds is 2. The fraction of sp³-hybridized carbons (Fsp3) is 0.400. The van der Waals surface area contributed by atoms with Crippen molar-refractivity contribution < 1.29 is 13.9 Å². The van der Waals surface area contributed by atoms with Gasteiger partial charge in [0.2, 0.25) is 0 Å². The highest BCUT2D eigenvalue weighted by Gasteiger charge is 2.20. The minimum absolute atomic E-state index is 0.0718. The molecule has 2 nitrogen and oxygen atoms in total. The molecule has 1 aromatic rings. The van der Waals surface area contributed by atoms with Gasteiger partial charge in [0.1, 0.15) is 5.75 Å². The lowest BCUT2D eigenvalue weighted by Crippen LogP contribution is -2.34. The zero-order valence-electron chi connectivity index (χ0n) is 8.14. The first-order valence-corrected chi connectivity index (χ1v) is 4.26. The normalized spacial score (nSPS) is 11.8. The highest BCUT2D eigenvalue weighted by Crippen LogP contribution is 2.25. The highest BCUT2D eigenvalue weighted by atomic mass is 19.2. The van der Waals surface area contributed by atoms with Crippen LogP contribution in [0, 0.1) is 11.6 Å². The number of benzene rings is 1. The van der Waals surface area contributed by atoms with Gasteiger partial charge >= 0.3 is 0 Å². The van der Waals surface area contributed by atoms with Gasteiger partial charge in [0.05, 0.1) is 0 Å². The largest absolute Gasteiger partial charge is 0.508 e. The van der Waals surface area contributed by atoms with E-state index in [1.54, 1.807) is 13.8 Å². The molecule has 1 rings (SSSR count).